The fraction of sp³-hybridized carbons (Fsp3) is 0.174. The van der Waals surface area contributed by atoms with E-state index < -0.39 is 0 Å². The van der Waals surface area contributed by atoms with E-state index in [1.165, 1.54) is 23.5 Å². The number of carbonyl (C=O) groups is 1. The molecule has 2 aromatic carbocycles. The van der Waals surface area contributed by atoms with Gasteiger partial charge in [-0.2, -0.15) is 4.98 Å². The molecule has 3 heterocycles. The molecule has 1 aliphatic rings. The first kappa shape index (κ1) is 20.7. The van der Waals surface area contributed by atoms with Crippen LogP contribution in [0.4, 0.5) is 16.2 Å². The van der Waals surface area contributed by atoms with Crippen LogP contribution in [0.15, 0.2) is 54.6 Å². The van der Waals surface area contributed by atoms with Crippen LogP contribution in [0.1, 0.15) is 16.8 Å². The molecule has 1 saturated heterocycles. The topological polar surface area (TPSA) is 84.1 Å². The lowest BCUT2D eigenvalue weighted by atomic mass is 10.2. The third-order valence-electron chi connectivity index (χ3n) is 5.45. The molecule has 6 nitrogen and oxygen atoms in total. The summed E-state index contributed by atoms with van der Waals surface area (Å²) in [5.74, 6) is 0.548. The van der Waals surface area contributed by atoms with Crippen molar-refractivity contribution >= 4 is 50.8 Å². The van der Waals surface area contributed by atoms with Crippen molar-refractivity contribution in [3.63, 3.8) is 0 Å². The van der Waals surface area contributed by atoms with Crippen molar-refractivity contribution in [1.29, 1.82) is 0 Å². The van der Waals surface area contributed by atoms with Crippen LogP contribution in [0.5, 0.6) is 0 Å². The van der Waals surface area contributed by atoms with Gasteiger partial charge in [0.2, 0.25) is 5.95 Å². The molecule has 1 unspecified atom stereocenters. The lowest BCUT2D eigenvalue weighted by Gasteiger charge is -2.19. The smallest absolute Gasteiger partial charge is 0.251 e. The molecule has 2 aromatic heterocycles. The Balaban J connectivity index is 1.38. The number of fused-ring (bicyclic) bond motifs is 1. The van der Waals surface area contributed by atoms with Gasteiger partial charge in [-0.3, -0.25) is 4.79 Å². The summed E-state index contributed by atoms with van der Waals surface area (Å²) in [4.78, 5) is 25.3. The normalized spacial score (nSPS) is 15.9. The minimum atomic E-state index is -0.275. The Morgan fingerprint density at radius 2 is 1.91 bits per heavy atom. The number of benzene rings is 2. The van der Waals surface area contributed by atoms with Crippen LogP contribution in [0.25, 0.3) is 20.7 Å². The number of hydrogen-bond donors (Lipinski definition) is 2. The average Bonchev–Trinajstić information content (AvgIpc) is 3.41. The molecule has 0 radical (unpaired) electrons. The highest BCUT2D eigenvalue weighted by molar-refractivity contribution is 7.22. The van der Waals surface area contributed by atoms with Gasteiger partial charge in [-0.15, -0.1) is 11.3 Å². The lowest BCUT2D eigenvalue weighted by Crippen LogP contribution is -2.37. The number of aromatic nitrogens is 2. The predicted octanol–water partition coefficient (Wildman–Crippen LogP) is 4.74. The molecule has 9 heteroatoms. The maximum Gasteiger partial charge on any atom is 0.251 e. The number of nitrogen functional groups attached to an aromatic ring is 1. The van der Waals surface area contributed by atoms with Crippen molar-refractivity contribution in [2.45, 2.75) is 12.5 Å². The molecule has 162 valence electrons. The van der Waals surface area contributed by atoms with E-state index in [1.54, 1.807) is 36.4 Å². The number of anilines is 2. The third-order valence-corrected chi connectivity index (χ3v) is 6.78. The van der Waals surface area contributed by atoms with Crippen LogP contribution in [-0.4, -0.2) is 35.0 Å². The second-order valence-electron chi connectivity index (χ2n) is 7.65. The number of nitrogens with two attached hydrogens (primary N) is 1. The van der Waals surface area contributed by atoms with Crippen molar-refractivity contribution in [2.75, 3.05) is 23.7 Å². The number of amides is 1. The van der Waals surface area contributed by atoms with Crippen LogP contribution >= 0.6 is 22.9 Å². The van der Waals surface area contributed by atoms with Gasteiger partial charge in [0.05, 0.1) is 5.39 Å². The number of rotatable bonds is 4. The van der Waals surface area contributed by atoms with E-state index in [2.05, 4.69) is 20.2 Å². The molecule has 0 aliphatic carbocycles. The van der Waals surface area contributed by atoms with Crippen molar-refractivity contribution < 1.29 is 9.18 Å². The van der Waals surface area contributed by atoms with E-state index in [9.17, 15) is 9.18 Å². The number of nitrogens with zero attached hydrogens (tertiary/aromatic N) is 3. The van der Waals surface area contributed by atoms with E-state index in [1.807, 2.05) is 6.07 Å². The largest absolute Gasteiger partial charge is 0.368 e. The Hall–Kier alpha value is -3.23. The zero-order valence-electron chi connectivity index (χ0n) is 16.9. The summed E-state index contributed by atoms with van der Waals surface area (Å²) in [5.41, 5.74) is 7.47. The van der Waals surface area contributed by atoms with Crippen molar-refractivity contribution in [3.8, 4) is 10.4 Å². The Morgan fingerprint density at radius 3 is 2.66 bits per heavy atom. The number of halogens is 2. The zero-order valence-corrected chi connectivity index (χ0v) is 18.5. The Bertz CT molecular complexity index is 1290. The fourth-order valence-electron chi connectivity index (χ4n) is 3.86. The van der Waals surface area contributed by atoms with Crippen LogP contribution in [-0.2, 0) is 0 Å². The first-order valence-electron chi connectivity index (χ1n) is 10.1. The zero-order chi connectivity index (χ0) is 22.2. The summed E-state index contributed by atoms with van der Waals surface area (Å²) in [6.07, 6.45) is 0.791. The second kappa shape index (κ2) is 8.37. The van der Waals surface area contributed by atoms with Gasteiger partial charge < -0.3 is 16.0 Å². The molecule has 1 aliphatic heterocycles. The SMILES string of the molecule is Nc1nc(N2CCC(NC(=O)c3ccc(Cl)cc3)C2)c2cc(-c3ccc(F)cc3)sc2n1. The van der Waals surface area contributed by atoms with Gasteiger partial charge in [-0.05, 0) is 54.4 Å². The van der Waals surface area contributed by atoms with Gasteiger partial charge >= 0.3 is 0 Å². The number of hydrogen-bond acceptors (Lipinski definition) is 6. The summed E-state index contributed by atoms with van der Waals surface area (Å²) < 4.78 is 13.3. The standard InChI is InChI=1S/C23H19ClFN5OS/c24-15-5-1-14(2-6-15)21(31)27-17-9-10-30(12-17)20-18-11-19(13-3-7-16(25)8-4-13)32-22(18)29-23(26)28-20/h1-8,11,17H,9-10,12H2,(H,27,31)(H2,26,28,29). The van der Waals surface area contributed by atoms with Gasteiger partial charge in [-0.25, -0.2) is 9.37 Å². The quantitative estimate of drug-likeness (QED) is 0.453. The fourth-order valence-corrected chi connectivity index (χ4v) is 5.02. The average molecular weight is 468 g/mol. The molecule has 5 rings (SSSR count). The first-order valence-corrected chi connectivity index (χ1v) is 11.3. The highest BCUT2D eigenvalue weighted by Gasteiger charge is 2.27. The molecule has 1 amide bonds. The Morgan fingerprint density at radius 1 is 1.16 bits per heavy atom. The monoisotopic (exact) mass is 467 g/mol. The van der Waals surface area contributed by atoms with Crippen molar-refractivity contribution in [1.82, 2.24) is 15.3 Å². The Kier molecular flexibility index (Phi) is 5.40. The van der Waals surface area contributed by atoms with Crippen LogP contribution < -0.4 is 16.0 Å². The molecule has 4 aromatic rings. The number of thiophene rings is 1. The number of carbonyl (C=O) groups excluding carboxylic acids is 1. The Labute approximate surface area is 192 Å². The van der Waals surface area contributed by atoms with E-state index in [4.69, 9.17) is 17.3 Å². The van der Waals surface area contributed by atoms with E-state index in [0.717, 1.165) is 39.4 Å². The first-order chi connectivity index (χ1) is 15.5. The van der Waals surface area contributed by atoms with Crippen LogP contribution in [0.2, 0.25) is 5.02 Å². The summed E-state index contributed by atoms with van der Waals surface area (Å²) in [6, 6.07) is 15.2. The molecule has 0 saturated carbocycles. The van der Waals surface area contributed by atoms with E-state index in [-0.39, 0.29) is 23.7 Å². The van der Waals surface area contributed by atoms with Crippen LogP contribution in [0.3, 0.4) is 0 Å². The summed E-state index contributed by atoms with van der Waals surface area (Å²) in [6.45, 7) is 1.35. The predicted molar refractivity (Wildman–Crippen MR) is 127 cm³/mol. The molecular weight excluding hydrogens is 449 g/mol. The minimum absolute atomic E-state index is 0.0142. The summed E-state index contributed by atoms with van der Waals surface area (Å²) >= 11 is 7.40. The van der Waals surface area contributed by atoms with Gasteiger partial charge in [-0.1, -0.05) is 23.7 Å². The number of nitrogens with one attached hydrogen (secondary N) is 1. The molecule has 0 bridgehead atoms. The van der Waals surface area contributed by atoms with Gasteiger partial charge in [0, 0.05) is 34.6 Å². The third kappa shape index (κ3) is 4.11. The maximum atomic E-state index is 13.3. The molecule has 1 atom stereocenters. The van der Waals surface area contributed by atoms with E-state index >= 15 is 0 Å². The minimum Gasteiger partial charge on any atom is -0.368 e. The van der Waals surface area contributed by atoms with E-state index in [0.29, 0.717) is 17.1 Å². The van der Waals surface area contributed by atoms with Gasteiger partial charge in [0.1, 0.15) is 16.5 Å². The van der Waals surface area contributed by atoms with Crippen molar-refractivity contribution in [3.05, 3.63) is 71.0 Å². The van der Waals surface area contributed by atoms with Gasteiger partial charge in [0.15, 0.2) is 0 Å². The van der Waals surface area contributed by atoms with Crippen molar-refractivity contribution in [2.24, 2.45) is 0 Å². The summed E-state index contributed by atoms with van der Waals surface area (Å²) in [5, 5.41) is 4.57. The highest BCUT2D eigenvalue weighted by Crippen LogP contribution is 2.37. The molecule has 1 fully saturated rings. The lowest BCUT2D eigenvalue weighted by molar-refractivity contribution is 0.0940. The van der Waals surface area contributed by atoms with Crippen LogP contribution in [0, 0.1) is 5.82 Å². The molecular formula is C23H19ClFN5OS. The summed E-state index contributed by atoms with van der Waals surface area (Å²) in [7, 11) is 0. The molecule has 0 spiro atoms. The molecule has 32 heavy (non-hydrogen) atoms. The maximum absolute atomic E-state index is 13.3. The van der Waals surface area contributed by atoms with Gasteiger partial charge in [0.25, 0.3) is 5.91 Å². The highest BCUT2D eigenvalue weighted by atomic mass is 35.5. The second-order valence-corrected chi connectivity index (χ2v) is 9.12. The molecule has 3 N–H and O–H groups in total.